The van der Waals surface area contributed by atoms with E-state index in [0.717, 1.165) is 5.56 Å². The van der Waals surface area contributed by atoms with Crippen molar-refractivity contribution in [2.75, 3.05) is 11.1 Å². The molecule has 0 fully saturated rings. The molecule has 1 unspecified atom stereocenters. The van der Waals surface area contributed by atoms with Gasteiger partial charge in [-0.05, 0) is 30.0 Å². The minimum absolute atomic E-state index is 0.0220. The summed E-state index contributed by atoms with van der Waals surface area (Å²) in [5.74, 6) is 0.549. The zero-order valence-electron chi connectivity index (χ0n) is 11.3. The maximum Gasteiger partial charge on any atom is 0.228 e. The van der Waals surface area contributed by atoms with Gasteiger partial charge in [-0.2, -0.15) is 0 Å². The Morgan fingerprint density at radius 2 is 2.06 bits per heavy atom. The summed E-state index contributed by atoms with van der Waals surface area (Å²) in [6.07, 6.45) is 0.188. The van der Waals surface area contributed by atoms with Crippen molar-refractivity contribution in [3.8, 4) is 5.75 Å². The number of hydrogen-bond donors (Lipinski definition) is 2. The zero-order chi connectivity index (χ0) is 13.5. The minimum Gasteiger partial charge on any atom is -0.486 e. The molecule has 18 heavy (non-hydrogen) atoms. The summed E-state index contributed by atoms with van der Waals surface area (Å²) in [5, 5.41) is 2.86. The van der Waals surface area contributed by atoms with Crippen LogP contribution in [0.5, 0.6) is 5.75 Å². The van der Waals surface area contributed by atoms with Crippen molar-refractivity contribution in [2.45, 2.75) is 45.6 Å². The van der Waals surface area contributed by atoms with E-state index in [9.17, 15) is 4.79 Å². The average Bonchev–Trinajstić information content (AvgIpc) is 2.34. The van der Waals surface area contributed by atoms with Gasteiger partial charge in [-0.25, -0.2) is 0 Å². The molecule has 98 valence electrons. The molecule has 1 amide bonds. The van der Waals surface area contributed by atoms with Gasteiger partial charge >= 0.3 is 0 Å². The largest absolute Gasteiger partial charge is 0.486 e. The molecule has 0 bridgehead atoms. The van der Waals surface area contributed by atoms with Gasteiger partial charge in [0.25, 0.3) is 0 Å². The number of nitrogens with one attached hydrogen (secondary N) is 1. The molecule has 1 heterocycles. The maximum atomic E-state index is 11.7. The van der Waals surface area contributed by atoms with Crippen LogP contribution in [-0.4, -0.2) is 12.0 Å². The lowest BCUT2D eigenvalue weighted by Gasteiger charge is -2.22. The fourth-order valence-corrected chi connectivity index (χ4v) is 2.01. The van der Waals surface area contributed by atoms with Gasteiger partial charge in [-0.1, -0.05) is 20.8 Å². The second kappa shape index (κ2) is 4.19. The first kappa shape index (κ1) is 12.7. The summed E-state index contributed by atoms with van der Waals surface area (Å²) in [6, 6.07) is 3.87. The number of carbonyl (C=O) groups excluding carboxylic acids is 1. The Hall–Kier alpha value is -1.71. The van der Waals surface area contributed by atoms with Gasteiger partial charge in [0.05, 0.1) is 17.8 Å². The topological polar surface area (TPSA) is 64.4 Å². The third kappa shape index (κ3) is 2.42. The van der Waals surface area contributed by atoms with Crippen LogP contribution in [0, 0.1) is 0 Å². The molecule has 0 saturated heterocycles. The van der Waals surface area contributed by atoms with Crippen LogP contribution in [0.15, 0.2) is 12.1 Å². The fraction of sp³-hybridized carbons (Fsp3) is 0.500. The number of amides is 1. The summed E-state index contributed by atoms with van der Waals surface area (Å²) < 4.78 is 5.72. The van der Waals surface area contributed by atoms with Crippen molar-refractivity contribution in [1.82, 2.24) is 0 Å². The molecule has 1 atom stereocenters. The van der Waals surface area contributed by atoms with E-state index >= 15 is 0 Å². The van der Waals surface area contributed by atoms with E-state index in [-0.39, 0.29) is 17.4 Å². The number of fused-ring (bicyclic) bond motifs is 1. The minimum atomic E-state index is -0.158. The van der Waals surface area contributed by atoms with Crippen LogP contribution in [0.25, 0.3) is 0 Å². The number of rotatable bonds is 0. The van der Waals surface area contributed by atoms with Crippen molar-refractivity contribution in [1.29, 1.82) is 0 Å². The highest BCUT2D eigenvalue weighted by Gasteiger charge is 2.24. The number of hydrogen-bond acceptors (Lipinski definition) is 3. The molecular weight excluding hydrogens is 228 g/mol. The van der Waals surface area contributed by atoms with Crippen LogP contribution >= 0.6 is 0 Å². The van der Waals surface area contributed by atoms with Crippen molar-refractivity contribution >= 4 is 17.3 Å². The van der Waals surface area contributed by atoms with Crippen LogP contribution in [0.2, 0.25) is 0 Å². The predicted octanol–water partition coefficient (Wildman–Crippen LogP) is 2.68. The van der Waals surface area contributed by atoms with Crippen molar-refractivity contribution in [3.05, 3.63) is 17.7 Å². The molecule has 0 aliphatic carbocycles. The Kier molecular flexibility index (Phi) is 2.97. The average molecular weight is 248 g/mol. The molecule has 4 heteroatoms. The van der Waals surface area contributed by atoms with Gasteiger partial charge < -0.3 is 15.8 Å². The van der Waals surface area contributed by atoms with Gasteiger partial charge in [0, 0.05) is 0 Å². The second-order valence-electron chi connectivity index (χ2n) is 5.87. The highest BCUT2D eigenvalue weighted by atomic mass is 16.5. The summed E-state index contributed by atoms with van der Waals surface area (Å²) >= 11 is 0. The fourth-order valence-electron chi connectivity index (χ4n) is 2.01. The quantitative estimate of drug-likeness (QED) is 0.694. The molecule has 4 nitrogen and oxygen atoms in total. The van der Waals surface area contributed by atoms with Gasteiger partial charge in [0.2, 0.25) is 5.91 Å². The molecule has 0 radical (unpaired) electrons. The van der Waals surface area contributed by atoms with E-state index < -0.39 is 0 Å². The van der Waals surface area contributed by atoms with Gasteiger partial charge in [-0.3, -0.25) is 4.79 Å². The van der Waals surface area contributed by atoms with E-state index in [1.54, 1.807) is 0 Å². The van der Waals surface area contributed by atoms with Crippen molar-refractivity contribution < 1.29 is 9.53 Å². The molecule has 0 aromatic heterocycles. The number of ether oxygens (including phenoxy) is 1. The molecule has 0 spiro atoms. The van der Waals surface area contributed by atoms with E-state index in [4.69, 9.17) is 10.5 Å². The van der Waals surface area contributed by atoms with Crippen LogP contribution in [0.3, 0.4) is 0 Å². The number of nitrogen functional groups attached to an aromatic ring is 1. The second-order valence-corrected chi connectivity index (χ2v) is 5.87. The Morgan fingerprint density at radius 1 is 1.39 bits per heavy atom. The van der Waals surface area contributed by atoms with Crippen LogP contribution < -0.4 is 15.8 Å². The van der Waals surface area contributed by atoms with Crippen molar-refractivity contribution in [3.63, 3.8) is 0 Å². The molecule has 1 aromatic rings. The first-order valence-corrected chi connectivity index (χ1v) is 6.18. The lowest BCUT2D eigenvalue weighted by Crippen LogP contribution is -2.17. The standard InChI is InChI=1S/C14H20N2O2/c1-8-5-12(17)16-11-7-9(14(2,3)4)6-10(15)13(11)18-8/h6-8H,5,15H2,1-4H3,(H,16,17). The third-order valence-electron chi connectivity index (χ3n) is 3.05. The SMILES string of the molecule is CC1CC(=O)Nc2cc(C(C)(C)C)cc(N)c2O1. The number of anilines is 2. The van der Waals surface area contributed by atoms with E-state index in [1.807, 2.05) is 19.1 Å². The summed E-state index contributed by atoms with van der Waals surface area (Å²) in [6.45, 7) is 8.19. The normalized spacial score (nSPS) is 19.6. The first-order chi connectivity index (χ1) is 8.27. The molecule has 1 aliphatic rings. The first-order valence-electron chi connectivity index (χ1n) is 6.18. The Labute approximate surface area is 108 Å². The predicted molar refractivity (Wildman–Crippen MR) is 72.9 cm³/mol. The van der Waals surface area contributed by atoms with Gasteiger partial charge in [0.1, 0.15) is 6.10 Å². The van der Waals surface area contributed by atoms with E-state index in [2.05, 4.69) is 26.1 Å². The summed E-state index contributed by atoms with van der Waals surface area (Å²) in [5.41, 5.74) is 8.35. The zero-order valence-corrected chi connectivity index (χ0v) is 11.3. The Bertz CT molecular complexity index is 489. The molecule has 3 N–H and O–H groups in total. The van der Waals surface area contributed by atoms with Crippen LogP contribution in [0.4, 0.5) is 11.4 Å². The van der Waals surface area contributed by atoms with Crippen LogP contribution in [0.1, 0.15) is 39.7 Å². The number of carbonyl (C=O) groups is 1. The molecular formula is C14H20N2O2. The highest BCUT2D eigenvalue weighted by Crippen LogP contribution is 2.39. The van der Waals surface area contributed by atoms with E-state index in [1.165, 1.54) is 0 Å². The lowest BCUT2D eigenvalue weighted by atomic mass is 9.86. The molecule has 1 aliphatic heterocycles. The number of benzene rings is 1. The summed E-state index contributed by atoms with van der Waals surface area (Å²) in [7, 11) is 0. The lowest BCUT2D eigenvalue weighted by molar-refractivity contribution is -0.117. The number of nitrogens with two attached hydrogens (primary N) is 1. The van der Waals surface area contributed by atoms with Gasteiger partial charge in [-0.15, -0.1) is 0 Å². The smallest absolute Gasteiger partial charge is 0.228 e. The third-order valence-corrected chi connectivity index (χ3v) is 3.05. The summed E-state index contributed by atoms with van der Waals surface area (Å²) in [4.78, 5) is 11.7. The molecule has 2 rings (SSSR count). The maximum absolute atomic E-state index is 11.7. The molecule has 0 saturated carbocycles. The highest BCUT2D eigenvalue weighted by molar-refractivity contribution is 5.95. The molecule has 1 aromatic carbocycles. The monoisotopic (exact) mass is 248 g/mol. The van der Waals surface area contributed by atoms with Crippen LogP contribution in [-0.2, 0) is 10.2 Å². The van der Waals surface area contributed by atoms with E-state index in [0.29, 0.717) is 23.5 Å². The Balaban J connectivity index is 2.53. The Morgan fingerprint density at radius 3 is 2.67 bits per heavy atom. The van der Waals surface area contributed by atoms with Crippen molar-refractivity contribution in [2.24, 2.45) is 0 Å². The van der Waals surface area contributed by atoms with Gasteiger partial charge in [0.15, 0.2) is 5.75 Å².